The van der Waals surface area contributed by atoms with Gasteiger partial charge in [0, 0.05) is 11.4 Å². The fourth-order valence-corrected chi connectivity index (χ4v) is 6.02. The molecule has 0 fully saturated rings. The Labute approximate surface area is 311 Å². The number of nitrogens with one attached hydrogen (secondary N) is 4. The number of rotatable bonds is 11. The molecule has 4 N–H and O–H groups in total. The van der Waals surface area contributed by atoms with Gasteiger partial charge in [-0.05, 0) is 95.3 Å². The fourth-order valence-electron chi connectivity index (χ4n) is 4.63. The van der Waals surface area contributed by atoms with Crippen LogP contribution in [0.1, 0.15) is 16.7 Å². The summed E-state index contributed by atoms with van der Waals surface area (Å²) in [5, 5.41) is 12.7. The first-order valence-corrected chi connectivity index (χ1v) is 17.6. The number of aryl methyl sites for hydroxylation is 1. The van der Waals surface area contributed by atoms with Crippen molar-refractivity contribution in [2.24, 2.45) is 0 Å². The molecule has 258 valence electrons. The Morgan fingerprint density at radius 1 is 0.569 bits per heavy atom. The SMILES string of the molecule is Cc1cc(Nc2nc(Cl)nc(Nc3ccccc3Cl)n2)ccc1/C=C/c1ccc(Nc2nc(Cl)nc(Nc3ccccc3Cl)n2)cc1S(=O)(=O)[O-]. The molecular formula is C33H23Cl4N10O3S-. The Morgan fingerprint density at radius 3 is 1.47 bits per heavy atom. The lowest BCUT2D eigenvalue weighted by atomic mass is 10.1. The van der Waals surface area contributed by atoms with Crippen LogP contribution in [0.5, 0.6) is 0 Å². The van der Waals surface area contributed by atoms with E-state index in [1.54, 1.807) is 66.7 Å². The van der Waals surface area contributed by atoms with Crippen molar-refractivity contribution in [2.75, 3.05) is 21.3 Å². The van der Waals surface area contributed by atoms with Crippen LogP contribution in [0.2, 0.25) is 20.6 Å². The van der Waals surface area contributed by atoms with Crippen LogP contribution in [-0.2, 0) is 10.1 Å². The molecule has 0 atom stereocenters. The molecule has 2 aromatic heterocycles. The van der Waals surface area contributed by atoms with Gasteiger partial charge in [0.25, 0.3) is 0 Å². The number of para-hydroxylation sites is 2. The summed E-state index contributed by atoms with van der Waals surface area (Å²) >= 11 is 24.7. The molecule has 0 saturated carbocycles. The van der Waals surface area contributed by atoms with Gasteiger partial charge < -0.3 is 25.8 Å². The largest absolute Gasteiger partial charge is 0.744 e. The predicted octanol–water partition coefficient (Wildman–Crippen LogP) is 9.03. The second kappa shape index (κ2) is 15.4. The quantitative estimate of drug-likeness (QED) is 0.0722. The highest BCUT2D eigenvalue weighted by Gasteiger charge is 2.13. The number of anilines is 8. The molecule has 6 rings (SSSR count). The van der Waals surface area contributed by atoms with Gasteiger partial charge in [-0.15, -0.1) is 0 Å². The van der Waals surface area contributed by atoms with Crippen LogP contribution in [0.25, 0.3) is 12.2 Å². The molecule has 18 heteroatoms. The molecule has 0 unspecified atom stereocenters. The minimum absolute atomic E-state index is 0.000989. The van der Waals surface area contributed by atoms with Gasteiger partial charge in [0.15, 0.2) is 0 Å². The van der Waals surface area contributed by atoms with Crippen LogP contribution in [0, 0.1) is 6.92 Å². The van der Waals surface area contributed by atoms with Gasteiger partial charge >= 0.3 is 0 Å². The molecule has 0 aliphatic carbocycles. The highest BCUT2D eigenvalue weighted by molar-refractivity contribution is 7.85. The van der Waals surface area contributed by atoms with E-state index < -0.39 is 15.0 Å². The molecule has 6 aromatic rings. The van der Waals surface area contributed by atoms with Gasteiger partial charge in [-0.1, -0.05) is 71.8 Å². The zero-order chi connectivity index (χ0) is 36.1. The molecule has 0 saturated heterocycles. The minimum atomic E-state index is -4.90. The molecule has 2 heterocycles. The van der Waals surface area contributed by atoms with Crippen molar-refractivity contribution >= 4 is 115 Å². The van der Waals surface area contributed by atoms with Crippen LogP contribution in [0.4, 0.5) is 46.5 Å². The highest BCUT2D eigenvalue weighted by Crippen LogP contribution is 2.29. The number of hydrogen-bond donors (Lipinski definition) is 4. The molecule has 0 radical (unpaired) electrons. The van der Waals surface area contributed by atoms with Crippen molar-refractivity contribution in [3.8, 4) is 0 Å². The van der Waals surface area contributed by atoms with E-state index in [1.165, 1.54) is 18.2 Å². The van der Waals surface area contributed by atoms with Crippen LogP contribution in [0.15, 0.2) is 89.8 Å². The lowest BCUT2D eigenvalue weighted by molar-refractivity contribution is 0.463. The summed E-state index contributed by atoms with van der Waals surface area (Å²) in [7, 11) is -4.90. The summed E-state index contributed by atoms with van der Waals surface area (Å²) in [5.41, 5.74) is 3.76. The number of hydrogen-bond acceptors (Lipinski definition) is 13. The Bertz CT molecular complexity index is 2400. The number of aromatic nitrogens is 6. The van der Waals surface area contributed by atoms with Crippen molar-refractivity contribution < 1.29 is 13.0 Å². The van der Waals surface area contributed by atoms with E-state index in [2.05, 4.69) is 51.2 Å². The van der Waals surface area contributed by atoms with E-state index in [0.29, 0.717) is 27.1 Å². The van der Waals surface area contributed by atoms with Gasteiger partial charge in [-0.2, -0.15) is 29.9 Å². The summed E-state index contributed by atoms with van der Waals surface area (Å²) in [4.78, 5) is 24.5. The summed E-state index contributed by atoms with van der Waals surface area (Å²) in [6.45, 7) is 1.86. The lowest BCUT2D eigenvalue weighted by Crippen LogP contribution is -2.06. The van der Waals surface area contributed by atoms with Crippen molar-refractivity contribution in [3.05, 3.63) is 122 Å². The molecule has 0 spiro atoms. The molecule has 4 aromatic carbocycles. The number of nitrogens with zero attached hydrogens (tertiary/aromatic N) is 6. The highest BCUT2D eigenvalue weighted by atomic mass is 35.5. The zero-order valence-electron chi connectivity index (χ0n) is 26.1. The maximum absolute atomic E-state index is 12.3. The number of halogens is 4. The van der Waals surface area contributed by atoms with Gasteiger partial charge in [0.05, 0.1) is 26.3 Å². The zero-order valence-corrected chi connectivity index (χ0v) is 29.9. The summed E-state index contributed by atoms with van der Waals surface area (Å²) in [6.07, 6.45) is 3.23. The monoisotopic (exact) mass is 779 g/mol. The Morgan fingerprint density at radius 2 is 1.00 bits per heavy atom. The molecular weight excluding hydrogens is 758 g/mol. The van der Waals surface area contributed by atoms with E-state index in [4.69, 9.17) is 46.4 Å². The molecule has 0 aliphatic rings. The van der Waals surface area contributed by atoms with Crippen molar-refractivity contribution in [2.45, 2.75) is 11.8 Å². The Balaban J connectivity index is 1.18. The first kappa shape index (κ1) is 35.7. The topological polar surface area (TPSA) is 183 Å². The maximum Gasteiger partial charge on any atom is 0.233 e. The summed E-state index contributed by atoms with van der Waals surface area (Å²) in [6, 6.07) is 23.7. The van der Waals surface area contributed by atoms with E-state index in [9.17, 15) is 13.0 Å². The second-order valence-corrected chi connectivity index (χ2v) is 13.4. The Hall–Kier alpha value is -5.09. The third-order valence-corrected chi connectivity index (χ3v) is 8.85. The average molecular weight is 781 g/mol. The third kappa shape index (κ3) is 9.38. The number of benzene rings is 4. The molecule has 51 heavy (non-hydrogen) atoms. The third-order valence-electron chi connectivity index (χ3n) is 6.96. The first-order valence-electron chi connectivity index (χ1n) is 14.7. The van der Waals surface area contributed by atoms with E-state index >= 15 is 0 Å². The fraction of sp³-hybridized carbons (Fsp3) is 0.0303. The predicted molar refractivity (Wildman–Crippen MR) is 200 cm³/mol. The summed E-state index contributed by atoms with van der Waals surface area (Å²) < 4.78 is 37.0. The normalized spacial score (nSPS) is 11.4. The van der Waals surface area contributed by atoms with Gasteiger partial charge in [0.2, 0.25) is 34.4 Å². The van der Waals surface area contributed by atoms with Crippen LogP contribution in [0.3, 0.4) is 0 Å². The smallest absolute Gasteiger partial charge is 0.233 e. The van der Waals surface area contributed by atoms with Gasteiger partial charge in [0.1, 0.15) is 10.1 Å². The van der Waals surface area contributed by atoms with E-state index in [-0.39, 0.29) is 45.6 Å². The van der Waals surface area contributed by atoms with E-state index in [0.717, 1.165) is 11.1 Å². The lowest BCUT2D eigenvalue weighted by Gasteiger charge is -2.14. The van der Waals surface area contributed by atoms with Crippen LogP contribution in [-0.4, -0.2) is 42.9 Å². The van der Waals surface area contributed by atoms with Gasteiger partial charge in [-0.3, -0.25) is 0 Å². The standard InChI is InChI=1S/C33H24Cl4N10O3S/c1-18-16-21(38-30-42-28(36)44-32(46-30)40-25-8-4-2-6-23(25)34)14-12-19(18)10-11-20-13-15-22(17-27(20)51(48,49)50)39-31-43-29(37)45-33(47-31)41-26-9-5-3-7-24(26)35/h2-17H,1H3,(H,48,49,50)(H2,38,40,42,44,46)(H2,39,41,43,45,47)/p-1/b11-10+. The van der Waals surface area contributed by atoms with Crippen LogP contribution >= 0.6 is 46.4 Å². The van der Waals surface area contributed by atoms with Gasteiger partial charge in [-0.25, -0.2) is 8.42 Å². The van der Waals surface area contributed by atoms with E-state index in [1.807, 2.05) is 19.1 Å². The summed E-state index contributed by atoms with van der Waals surface area (Å²) in [5.74, 6) is 0.475. The minimum Gasteiger partial charge on any atom is -0.744 e. The van der Waals surface area contributed by atoms with Crippen molar-refractivity contribution in [3.63, 3.8) is 0 Å². The van der Waals surface area contributed by atoms with Crippen molar-refractivity contribution in [1.82, 2.24) is 29.9 Å². The second-order valence-electron chi connectivity index (χ2n) is 10.6. The maximum atomic E-state index is 12.3. The average Bonchev–Trinajstić information content (AvgIpc) is 3.06. The van der Waals surface area contributed by atoms with Crippen molar-refractivity contribution in [1.29, 1.82) is 0 Å². The molecule has 13 nitrogen and oxygen atoms in total. The molecule has 0 aliphatic heterocycles. The Kier molecular flexibility index (Phi) is 10.8. The van der Waals surface area contributed by atoms with Crippen LogP contribution < -0.4 is 21.3 Å². The molecule has 0 bridgehead atoms. The first-order chi connectivity index (χ1) is 24.4. The molecule has 0 amide bonds.